The lowest BCUT2D eigenvalue weighted by molar-refractivity contribution is -0.117. The van der Waals surface area contributed by atoms with Gasteiger partial charge in [-0.1, -0.05) is 11.8 Å². The molecule has 0 aromatic carbocycles. The second-order valence-electron chi connectivity index (χ2n) is 3.52. The van der Waals surface area contributed by atoms with Crippen molar-refractivity contribution < 1.29 is 19.5 Å². The Morgan fingerprint density at radius 2 is 2.28 bits per heavy atom. The predicted molar refractivity (Wildman–Crippen MR) is 64.6 cm³/mol. The van der Waals surface area contributed by atoms with E-state index in [9.17, 15) is 14.4 Å². The van der Waals surface area contributed by atoms with Gasteiger partial charge >= 0.3 is 5.97 Å². The van der Waals surface area contributed by atoms with Crippen molar-refractivity contribution in [3.63, 3.8) is 0 Å². The van der Waals surface area contributed by atoms with Gasteiger partial charge in [0.05, 0.1) is 11.9 Å². The molecule has 2 amide bonds. The molecule has 1 unspecified atom stereocenters. The van der Waals surface area contributed by atoms with Crippen molar-refractivity contribution in [2.45, 2.75) is 6.04 Å². The number of carbonyl (C=O) groups excluding carboxylic acids is 2. The van der Waals surface area contributed by atoms with E-state index in [0.29, 0.717) is 11.4 Å². The molecular formula is C10H9N3O4S. The van der Waals surface area contributed by atoms with E-state index in [1.807, 2.05) is 0 Å². The first-order valence-corrected chi connectivity index (χ1v) is 5.98. The maximum atomic E-state index is 11.7. The second-order valence-corrected chi connectivity index (χ2v) is 4.51. The largest absolute Gasteiger partial charge is 0.477 e. The normalized spacial score (nSPS) is 18.2. The summed E-state index contributed by atoms with van der Waals surface area (Å²) < 4.78 is 0. The number of anilines is 1. The second kappa shape index (κ2) is 5.05. The van der Waals surface area contributed by atoms with Crippen LogP contribution in [0.1, 0.15) is 10.5 Å². The Morgan fingerprint density at radius 3 is 2.78 bits per heavy atom. The Morgan fingerprint density at radius 1 is 1.50 bits per heavy atom. The Hall–Kier alpha value is -2.09. The van der Waals surface area contributed by atoms with Crippen LogP contribution in [-0.4, -0.2) is 39.0 Å². The van der Waals surface area contributed by atoms with Crippen molar-refractivity contribution in [3.8, 4) is 0 Å². The molecule has 3 N–H and O–H groups in total. The molecule has 2 heterocycles. The van der Waals surface area contributed by atoms with E-state index < -0.39 is 12.0 Å². The third kappa shape index (κ3) is 2.77. The van der Waals surface area contributed by atoms with E-state index in [2.05, 4.69) is 15.6 Å². The van der Waals surface area contributed by atoms with Gasteiger partial charge in [-0.25, -0.2) is 9.78 Å². The van der Waals surface area contributed by atoms with Gasteiger partial charge in [0, 0.05) is 5.75 Å². The van der Waals surface area contributed by atoms with Crippen LogP contribution in [0.15, 0.2) is 18.3 Å². The molecule has 1 aliphatic rings. The molecule has 0 spiro atoms. The number of carboxylic acid groups (broad SMARTS) is 1. The van der Waals surface area contributed by atoms with Crippen molar-refractivity contribution in [1.82, 2.24) is 10.3 Å². The van der Waals surface area contributed by atoms with Crippen LogP contribution >= 0.6 is 11.8 Å². The Balaban J connectivity index is 1.99. The van der Waals surface area contributed by atoms with E-state index >= 15 is 0 Å². The first-order chi connectivity index (χ1) is 8.56. The highest BCUT2D eigenvalue weighted by Gasteiger charge is 2.27. The summed E-state index contributed by atoms with van der Waals surface area (Å²) in [6.45, 7) is 0. The number of amides is 2. The average Bonchev–Trinajstić information content (AvgIpc) is 2.76. The van der Waals surface area contributed by atoms with Crippen LogP contribution in [0, 0.1) is 0 Å². The molecule has 0 saturated carbocycles. The average molecular weight is 267 g/mol. The first kappa shape index (κ1) is 12.4. The van der Waals surface area contributed by atoms with Gasteiger partial charge in [0.15, 0.2) is 0 Å². The number of aromatic carboxylic acids is 1. The number of thioether (sulfide) groups is 1. The fraction of sp³-hybridized carbons (Fsp3) is 0.200. The fourth-order valence-electron chi connectivity index (χ4n) is 1.35. The topological polar surface area (TPSA) is 108 Å². The molecule has 1 atom stereocenters. The van der Waals surface area contributed by atoms with Crippen LogP contribution in [0.4, 0.5) is 10.5 Å². The van der Waals surface area contributed by atoms with Crippen molar-refractivity contribution in [3.05, 3.63) is 24.0 Å². The smallest absolute Gasteiger partial charge is 0.354 e. The third-order valence-corrected chi connectivity index (χ3v) is 3.12. The van der Waals surface area contributed by atoms with Gasteiger partial charge in [0.2, 0.25) is 5.91 Å². The fourth-order valence-corrected chi connectivity index (χ4v) is 2.13. The number of pyridine rings is 1. The third-order valence-electron chi connectivity index (χ3n) is 2.24. The Bertz CT molecular complexity index is 502. The number of nitrogens with one attached hydrogen (secondary N) is 2. The number of carboxylic acids is 1. The van der Waals surface area contributed by atoms with Crippen LogP contribution in [-0.2, 0) is 4.79 Å². The number of hydrogen-bond acceptors (Lipinski definition) is 5. The molecule has 2 rings (SSSR count). The minimum absolute atomic E-state index is 0.0993. The molecule has 7 nitrogen and oxygen atoms in total. The quantitative estimate of drug-likeness (QED) is 0.737. The zero-order chi connectivity index (χ0) is 13.1. The summed E-state index contributed by atoms with van der Waals surface area (Å²) >= 11 is 1.05. The lowest BCUT2D eigenvalue weighted by atomic mass is 10.3. The number of rotatable bonds is 3. The number of nitrogens with zero attached hydrogens (tertiary/aromatic N) is 1. The van der Waals surface area contributed by atoms with Crippen LogP contribution in [0.5, 0.6) is 0 Å². The highest BCUT2D eigenvalue weighted by Crippen LogP contribution is 2.15. The summed E-state index contributed by atoms with van der Waals surface area (Å²) in [4.78, 5) is 36.9. The summed E-state index contributed by atoms with van der Waals surface area (Å²) in [5.41, 5.74) is 0.286. The molecule has 18 heavy (non-hydrogen) atoms. The van der Waals surface area contributed by atoms with E-state index in [1.165, 1.54) is 18.3 Å². The standard InChI is InChI=1S/C10H9N3O4S/c14-8(7-4-18-10(17)13-7)12-5-1-2-6(9(15)16)11-3-5/h1-3,7H,4H2,(H,12,14)(H,13,17)(H,15,16). The van der Waals surface area contributed by atoms with Crippen molar-refractivity contribution >= 4 is 34.6 Å². The van der Waals surface area contributed by atoms with Gasteiger partial charge in [-0.05, 0) is 12.1 Å². The van der Waals surface area contributed by atoms with Crippen LogP contribution in [0.25, 0.3) is 0 Å². The molecule has 1 aromatic heterocycles. The van der Waals surface area contributed by atoms with Gasteiger partial charge in [0.25, 0.3) is 5.24 Å². The monoisotopic (exact) mass is 267 g/mol. The minimum Gasteiger partial charge on any atom is -0.477 e. The minimum atomic E-state index is -1.13. The number of carbonyl (C=O) groups is 3. The molecule has 8 heteroatoms. The van der Waals surface area contributed by atoms with E-state index in [-0.39, 0.29) is 16.8 Å². The van der Waals surface area contributed by atoms with Gasteiger partial charge in [-0.2, -0.15) is 0 Å². The van der Waals surface area contributed by atoms with Crippen LogP contribution < -0.4 is 10.6 Å². The number of hydrogen-bond donors (Lipinski definition) is 3. The van der Waals surface area contributed by atoms with Gasteiger partial charge in [-0.3, -0.25) is 9.59 Å². The predicted octanol–water partition coefficient (Wildman–Crippen LogP) is 0.543. The van der Waals surface area contributed by atoms with Crippen molar-refractivity contribution in [1.29, 1.82) is 0 Å². The van der Waals surface area contributed by atoms with Crippen molar-refractivity contribution in [2.75, 3.05) is 11.1 Å². The number of aromatic nitrogens is 1. The molecular weight excluding hydrogens is 258 g/mol. The maximum Gasteiger partial charge on any atom is 0.354 e. The SMILES string of the molecule is O=C1NC(C(=O)Nc2ccc(C(=O)O)nc2)CS1. The van der Waals surface area contributed by atoms with E-state index in [0.717, 1.165) is 11.8 Å². The molecule has 0 radical (unpaired) electrons. The summed E-state index contributed by atoms with van der Waals surface area (Å²) in [6, 6.07) is 2.17. The maximum absolute atomic E-state index is 11.7. The molecule has 0 bridgehead atoms. The Kier molecular flexibility index (Phi) is 3.47. The highest BCUT2D eigenvalue weighted by atomic mass is 32.2. The summed E-state index contributed by atoms with van der Waals surface area (Å²) in [7, 11) is 0. The van der Waals surface area contributed by atoms with Gasteiger partial charge in [-0.15, -0.1) is 0 Å². The molecule has 94 valence electrons. The van der Waals surface area contributed by atoms with Crippen molar-refractivity contribution in [2.24, 2.45) is 0 Å². The molecule has 1 saturated heterocycles. The zero-order valence-electron chi connectivity index (χ0n) is 9.04. The molecule has 1 aromatic rings. The summed E-state index contributed by atoms with van der Waals surface area (Å²) in [5.74, 6) is -1.10. The van der Waals surface area contributed by atoms with Gasteiger partial charge < -0.3 is 15.7 Å². The van der Waals surface area contributed by atoms with Crippen LogP contribution in [0.3, 0.4) is 0 Å². The summed E-state index contributed by atoms with van der Waals surface area (Å²) in [6.07, 6.45) is 1.26. The zero-order valence-corrected chi connectivity index (χ0v) is 9.86. The molecule has 0 aliphatic carbocycles. The first-order valence-electron chi connectivity index (χ1n) is 5.00. The van der Waals surface area contributed by atoms with Crippen LogP contribution in [0.2, 0.25) is 0 Å². The van der Waals surface area contributed by atoms with Gasteiger partial charge in [0.1, 0.15) is 11.7 Å². The lowest BCUT2D eigenvalue weighted by Gasteiger charge is -2.09. The molecule has 1 fully saturated rings. The van der Waals surface area contributed by atoms with E-state index in [1.54, 1.807) is 0 Å². The highest BCUT2D eigenvalue weighted by molar-refractivity contribution is 8.14. The van der Waals surface area contributed by atoms with E-state index in [4.69, 9.17) is 5.11 Å². The Labute approximate surface area is 106 Å². The lowest BCUT2D eigenvalue weighted by Crippen LogP contribution is -2.38. The molecule has 1 aliphatic heterocycles. The summed E-state index contributed by atoms with van der Waals surface area (Å²) in [5, 5.41) is 13.5.